The Morgan fingerprint density at radius 2 is 1.40 bits per heavy atom. The minimum Gasteiger partial charge on any atom is -0.222 e. The largest absolute Gasteiger partial charge is 0.291 e. The summed E-state index contributed by atoms with van der Waals surface area (Å²) in [6.07, 6.45) is 6.18. The molecule has 0 spiro atoms. The molecule has 3 rings (SSSR count). The Bertz CT molecular complexity index is 673. The molecule has 0 radical (unpaired) electrons. The molecule has 0 bridgehead atoms. The van der Waals surface area contributed by atoms with E-state index in [1.807, 2.05) is 12.1 Å². The molecular weight excluding hydrogens is 284 g/mol. The number of rotatable bonds is 1. The predicted molar refractivity (Wildman–Crippen MR) is 58.9 cm³/mol. The predicted octanol–water partition coefficient (Wildman–Crippen LogP) is -2.54. The van der Waals surface area contributed by atoms with Gasteiger partial charge in [0.2, 0.25) is 0 Å². The van der Waals surface area contributed by atoms with Crippen molar-refractivity contribution in [3.05, 3.63) is 67.1 Å². The van der Waals surface area contributed by atoms with Gasteiger partial charge in [-0.25, -0.2) is 23.0 Å². The first-order chi connectivity index (χ1) is 9.45. The van der Waals surface area contributed by atoms with Gasteiger partial charge < -0.3 is 0 Å². The zero-order chi connectivity index (χ0) is 14.6. The molecule has 0 fully saturated rings. The maximum atomic E-state index is 8.49. The van der Waals surface area contributed by atoms with Gasteiger partial charge in [-0.1, -0.05) is 24.3 Å². The second-order valence-electron chi connectivity index (χ2n) is 3.85. The zero-order valence-corrected chi connectivity index (χ0v) is 11.0. The number of hydrogen-bond acceptors (Lipinski definition) is 4. The molecule has 0 saturated heterocycles. The number of aromatic nitrogens is 2. The van der Waals surface area contributed by atoms with Crippen LogP contribution in [0.2, 0.25) is 0 Å². The lowest BCUT2D eigenvalue weighted by Gasteiger charge is -2.17. The van der Waals surface area contributed by atoms with E-state index < -0.39 is 10.2 Å². The van der Waals surface area contributed by atoms with E-state index in [9.17, 15) is 0 Å². The summed E-state index contributed by atoms with van der Waals surface area (Å²) in [6, 6.07) is 16.5. The summed E-state index contributed by atoms with van der Waals surface area (Å²) in [5, 5.41) is 0. The number of hydrogen-bond donors (Lipinski definition) is 0. The Balaban J connectivity index is 0.000000257. The minimum atomic E-state index is -4.94. The molecule has 104 valence electrons. The van der Waals surface area contributed by atoms with E-state index >= 15 is 0 Å². The third-order valence-electron chi connectivity index (χ3n) is 2.53. The van der Waals surface area contributed by atoms with Crippen molar-refractivity contribution >= 4 is 5.65 Å². The molecule has 0 aliphatic heterocycles. The van der Waals surface area contributed by atoms with Crippen molar-refractivity contribution in [2.24, 2.45) is 0 Å². The normalized spacial score (nSPS) is 11.0. The fourth-order valence-corrected chi connectivity index (χ4v) is 1.80. The second kappa shape index (κ2) is 6.00. The van der Waals surface area contributed by atoms with Gasteiger partial charge in [-0.05, 0) is 18.2 Å². The van der Waals surface area contributed by atoms with Crippen LogP contribution in [0.3, 0.4) is 0 Å². The van der Waals surface area contributed by atoms with Crippen molar-refractivity contribution in [1.29, 1.82) is 0 Å². The highest BCUT2D eigenvalue weighted by molar-refractivity contribution is 5.43. The third-order valence-corrected chi connectivity index (χ3v) is 2.53. The monoisotopic (exact) mass is 294 g/mol. The van der Waals surface area contributed by atoms with Gasteiger partial charge in [-0.3, -0.25) is 0 Å². The number of nitrogens with zero attached hydrogens (tertiary/aromatic N) is 2. The van der Waals surface area contributed by atoms with Gasteiger partial charge in [0.05, 0.1) is 6.20 Å². The van der Waals surface area contributed by atoms with E-state index in [2.05, 4.69) is 64.0 Å². The lowest BCUT2D eigenvalue weighted by Crippen LogP contribution is -2.68. The van der Waals surface area contributed by atoms with Crippen LogP contribution in [0, 0.1) is 10.2 Å². The van der Waals surface area contributed by atoms with Crippen molar-refractivity contribution in [3.63, 3.8) is 0 Å². The standard InChI is InChI=1S/C13H11N2.ClHO4/c1-2-6-12(7-3-1)15-11-10-14-9-5-4-8-13(14)15;2-1(3,4)5/h1-11H;(H,2,3,4,5)/q+1;/p-1. The van der Waals surface area contributed by atoms with E-state index in [-0.39, 0.29) is 0 Å². The van der Waals surface area contributed by atoms with Crippen molar-refractivity contribution in [2.75, 3.05) is 0 Å². The summed E-state index contributed by atoms with van der Waals surface area (Å²) in [5.41, 5.74) is 2.36. The molecule has 2 heterocycles. The highest BCUT2D eigenvalue weighted by Gasteiger charge is 2.09. The van der Waals surface area contributed by atoms with E-state index in [0.717, 1.165) is 0 Å². The van der Waals surface area contributed by atoms with E-state index in [4.69, 9.17) is 18.6 Å². The van der Waals surface area contributed by atoms with Crippen LogP contribution in [0.25, 0.3) is 11.3 Å². The Morgan fingerprint density at radius 3 is 2.05 bits per heavy atom. The summed E-state index contributed by atoms with van der Waals surface area (Å²) in [7, 11) is -4.94. The zero-order valence-electron chi connectivity index (χ0n) is 10.3. The van der Waals surface area contributed by atoms with Crippen molar-refractivity contribution in [1.82, 2.24) is 4.57 Å². The molecule has 2 aromatic heterocycles. The molecule has 0 amide bonds. The van der Waals surface area contributed by atoms with E-state index in [1.54, 1.807) is 0 Å². The van der Waals surface area contributed by atoms with Gasteiger partial charge in [0, 0.05) is 6.07 Å². The average molecular weight is 295 g/mol. The number of halogens is 1. The number of benzene rings is 1. The van der Waals surface area contributed by atoms with Crippen molar-refractivity contribution < 1.29 is 33.3 Å². The molecule has 0 aliphatic carbocycles. The first-order valence-corrected chi connectivity index (χ1v) is 6.83. The quantitative estimate of drug-likeness (QED) is 0.461. The summed E-state index contributed by atoms with van der Waals surface area (Å²) < 4.78 is 38.2. The van der Waals surface area contributed by atoms with Crippen LogP contribution in [0.1, 0.15) is 0 Å². The third kappa shape index (κ3) is 4.02. The number of pyridine rings is 1. The fraction of sp³-hybridized carbons (Fsp3) is 0. The summed E-state index contributed by atoms with van der Waals surface area (Å²) in [6.45, 7) is 0. The van der Waals surface area contributed by atoms with Gasteiger partial charge in [0.1, 0.15) is 18.1 Å². The molecular formula is C13H11ClN2O4. The number of para-hydroxylation sites is 1. The number of fused-ring (bicyclic) bond motifs is 1. The molecule has 6 nitrogen and oxygen atoms in total. The highest BCUT2D eigenvalue weighted by atomic mass is 35.7. The van der Waals surface area contributed by atoms with Gasteiger partial charge in [0.15, 0.2) is 0 Å². The molecule has 0 saturated carbocycles. The first-order valence-electron chi connectivity index (χ1n) is 5.60. The maximum Gasteiger partial charge on any atom is 0.291 e. The SMILES string of the molecule is [O-][Cl+3]([O-])([O-])[O-].c1ccc(-n2cc[n+]3ccccc23)cc1. The van der Waals surface area contributed by atoms with E-state index in [0.29, 0.717) is 0 Å². The molecule has 0 N–H and O–H groups in total. The molecule has 0 unspecified atom stereocenters. The molecule has 0 aliphatic rings. The van der Waals surface area contributed by atoms with Gasteiger partial charge >= 0.3 is 0 Å². The first kappa shape index (κ1) is 14.4. The van der Waals surface area contributed by atoms with Gasteiger partial charge in [0.25, 0.3) is 5.65 Å². The van der Waals surface area contributed by atoms with Crippen LogP contribution in [0.5, 0.6) is 0 Å². The molecule has 20 heavy (non-hydrogen) atoms. The molecule has 1 aromatic carbocycles. The van der Waals surface area contributed by atoms with Crippen molar-refractivity contribution in [3.8, 4) is 5.69 Å². The second-order valence-corrected chi connectivity index (χ2v) is 4.60. The number of imidazole rings is 1. The Hall–Kier alpha value is -1.96. The van der Waals surface area contributed by atoms with Crippen LogP contribution in [-0.2, 0) is 0 Å². The Kier molecular flexibility index (Phi) is 4.33. The molecule has 3 aromatic rings. The van der Waals surface area contributed by atoms with Gasteiger partial charge in [-0.2, -0.15) is 4.57 Å². The summed E-state index contributed by atoms with van der Waals surface area (Å²) >= 11 is 0. The smallest absolute Gasteiger partial charge is 0.222 e. The lowest BCUT2D eigenvalue weighted by molar-refractivity contribution is -2.00. The van der Waals surface area contributed by atoms with Gasteiger partial charge in [-0.15, -0.1) is 10.2 Å². The molecule has 7 heteroatoms. The summed E-state index contributed by atoms with van der Waals surface area (Å²) in [4.78, 5) is 0. The van der Waals surface area contributed by atoms with Crippen LogP contribution in [0.15, 0.2) is 67.1 Å². The van der Waals surface area contributed by atoms with Crippen LogP contribution in [0.4, 0.5) is 0 Å². The summed E-state index contributed by atoms with van der Waals surface area (Å²) in [5.74, 6) is 0. The van der Waals surface area contributed by atoms with E-state index in [1.165, 1.54) is 11.3 Å². The van der Waals surface area contributed by atoms with Crippen LogP contribution < -0.4 is 23.0 Å². The topological polar surface area (TPSA) is 101 Å². The van der Waals surface area contributed by atoms with Crippen LogP contribution >= 0.6 is 0 Å². The highest BCUT2D eigenvalue weighted by Crippen LogP contribution is 2.09. The lowest BCUT2D eigenvalue weighted by atomic mass is 10.3. The Labute approximate surface area is 117 Å². The minimum absolute atomic E-state index is 1.17. The maximum absolute atomic E-state index is 8.49. The fourth-order valence-electron chi connectivity index (χ4n) is 1.80. The van der Waals surface area contributed by atoms with Crippen LogP contribution in [-0.4, -0.2) is 4.57 Å². The molecule has 0 atom stereocenters. The average Bonchev–Trinajstić information content (AvgIpc) is 2.81. The Morgan fingerprint density at radius 1 is 0.800 bits per heavy atom. The van der Waals surface area contributed by atoms with Crippen molar-refractivity contribution in [2.45, 2.75) is 0 Å².